The normalized spacial score (nSPS) is 12.1. The molecule has 1 aromatic rings. The van der Waals surface area contributed by atoms with Crippen LogP contribution in [0.4, 0.5) is 5.95 Å². The first-order chi connectivity index (χ1) is 8.44. The quantitative estimate of drug-likeness (QED) is 0.698. The molecule has 0 saturated heterocycles. The van der Waals surface area contributed by atoms with E-state index in [-0.39, 0.29) is 0 Å². The van der Waals surface area contributed by atoms with Crippen molar-refractivity contribution in [1.29, 1.82) is 0 Å². The van der Waals surface area contributed by atoms with Crippen molar-refractivity contribution in [2.45, 2.75) is 72.9 Å². The minimum Gasteiger partial charge on any atom is -0.353 e. The zero-order valence-electron chi connectivity index (χ0n) is 12.7. The highest BCUT2D eigenvalue weighted by Crippen LogP contribution is 2.27. The van der Waals surface area contributed by atoms with Crippen LogP contribution in [0.15, 0.2) is 12.4 Å². The lowest BCUT2D eigenvalue weighted by Gasteiger charge is -2.26. The molecule has 1 aromatic heterocycles. The van der Waals surface area contributed by atoms with Gasteiger partial charge in [-0.1, -0.05) is 40.0 Å². The molecule has 0 aliphatic heterocycles. The topological polar surface area (TPSA) is 29.9 Å². The van der Waals surface area contributed by atoms with Crippen molar-refractivity contribution in [3.8, 4) is 0 Å². The van der Waals surface area contributed by atoms with E-state index in [0.29, 0.717) is 11.5 Å². The Morgan fingerprint density at radius 2 is 2.06 bits per heavy atom. The number of imidazole rings is 1. The molecule has 0 spiro atoms. The minimum absolute atomic E-state index is 0.337. The summed E-state index contributed by atoms with van der Waals surface area (Å²) in [7, 11) is 0. The van der Waals surface area contributed by atoms with Crippen LogP contribution in [0.3, 0.4) is 0 Å². The number of aromatic nitrogens is 2. The summed E-state index contributed by atoms with van der Waals surface area (Å²) in [6.45, 7) is 12.3. The summed E-state index contributed by atoms with van der Waals surface area (Å²) in [6.07, 6.45) is 9.19. The zero-order chi connectivity index (χ0) is 13.6. The van der Waals surface area contributed by atoms with Crippen LogP contribution in [0.5, 0.6) is 0 Å². The highest BCUT2D eigenvalue weighted by atomic mass is 15.2. The fourth-order valence-electron chi connectivity index (χ4n) is 2.23. The fraction of sp³-hybridized carbons (Fsp3) is 0.800. The summed E-state index contributed by atoms with van der Waals surface area (Å²) in [4.78, 5) is 4.39. The molecule has 104 valence electrons. The van der Waals surface area contributed by atoms with E-state index in [1.165, 1.54) is 25.7 Å². The Kier molecular flexibility index (Phi) is 5.70. The Morgan fingerprint density at radius 3 is 2.67 bits per heavy atom. The summed E-state index contributed by atoms with van der Waals surface area (Å²) in [6, 6.07) is 0.425. The van der Waals surface area contributed by atoms with E-state index in [0.717, 1.165) is 12.5 Å². The lowest BCUT2D eigenvalue weighted by atomic mass is 9.87. The van der Waals surface area contributed by atoms with Crippen LogP contribution in [0.1, 0.15) is 60.3 Å². The number of hydrogen-bond acceptors (Lipinski definition) is 2. The van der Waals surface area contributed by atoms with Crippen LogP contribution < -0.4 is 5.32 Å². The van der Waals surface area contributed by atoms with Gasteiger partial charge in [-0.2, -0.15) is 0 Å². The third-order valence-corrected chi connectivity index (χ3v) is 3.19. The van der Waals surface area contributed by atoms with Gasteiger partial charge in [-0.05, 0) is 25.7 Å². The van der Waals surface area contributed by atoms with Gasteiger partial charge in [-0.25, -0.2) is 4.98 Å². The lowest BCUT2D eigenvalue weighted by molar-refractivity contribution is 0.273. The van der Waals surface area contributed by atoms with E-state index in [1.54, 1.807) is 0 Å². The molecule has 0 aliphatic rings. The van der Waals surface area contributed by atoms with E-state index in [4.69, 9.17) is 0 Å². The molecule has 0 bridgehead atoms. The Hall–Kier alpha value is -0.990. The first-order valence-electron chi connectivity index (χ1n) is 7.22. The molecule has 0 fully saturated rings. The molecule has 0 saturated carbocycles. The summed E-state index contributed by atoms with van der Waals surface area (Å²) in [5.74, 6) is 0.994. The average Bonchev–Trinajstić information content (AvgIpc) is 2.64. The Labute approximate surface area is 112 Å². The molecule has 0 amide bonds. The second-order valence-electron chi connectivity index (χ2n) is 6.30. The molecule has 0 unspecified atom stereocenters. The van der Waals surface area contributed by atoms with Crippen molar-refractivity contribution in [2.75, 3.05) is 5.32 Å². The van der Waals surface area contributed by atoms with E-state index in [1.807, 2.05) is 6.20 Å². The van der Waals surface area contributed by atoms with Crippen molar-refractivity contribution in [3.05, 3.63) is 12.4 Å². The second kappa shape index (κ2) is 6.81. The van der Waals surface area contributed by atoms with Crippen molar-refractivity contribution < 1.29 is 0 Å². The van der Waals surface area contributed by atoms with E-state index in [2.05, 4.69) is 55.7 Å². The van der Waals surface area contributed by atoms with Crippen LogP contribution in [-0.4, -0.2) is 15.6 Å². The molecular formula is C15H29N3. The molecule has 18 heavy (non-hydrogen) atoms. The first-order valence-corrected chi connectivity index (χ1v) is 7.22. The number of hydrogen-bond donors (Lipinski definition) is 1. The minimum atomic E-state index is 0.337. The molecule has 1 N–H and O–H groups in total. The van der Waals surface area contributed by atoms with Crippen molar-refractivity contribution in [2.24, 2.45) is 5.41 Å². The summed E-state index contributed by atoms with van der Waals surface area (Å²) < 4.78 is 2.24. The van der Waals surface area contributed by atoms with Crippen LogP contribution in [-0.2, 0) is 6.54 Å². The standard InChI is InChI=1S/C15H29N3/c1-6-7-8-9-15(4,5)12-18-11-10-16-14(18)17-13(2)3/h10-11,13H,6-9,12H2,1-5H3,(H,16,17). The van der Waals surface area contributed by atoms with Gasteiger partial charge >= 0.3 is 0 Å². The van der Waals surface area contributed by atoms with Crippen LogP contribution in [0, 0.1) is 5.41 Å². The van der Waals surface area contributed by atoms with E-state index >= 15 is 0 Å². The molecule has 0 aromatic carbocycles. The van der Waals surface area contributed by atoms with Crippen molar-refractivity contribution in [3.63, 3.8) is 0 Å². The Balaban J connectivity index is 2.57. The first kappa shape index (κ1) is 15.1. The molecule has 0 radical (unpaired) electrons. The average molecular weight is 251 g/mol. The van der Waals surface area contributed by atoms with Crippen LogP contribution >= 0.6 is 0 Å². The Bertz CT molecular complexity index is 339. The zero-order valence-corrected chi connectivity index (χ0v) is 12.7. The molecular weight excluding hydrogens is 222 g/mol. The van der Waals surface area contributed by atoms with Crippen LogP contribution in [0.25, 0.3) is 0 Å². The number of unbranched alkanes of at least 4 members (excludes halogenated alkanes) is 2. The maximum atomic E-state index is 4.39. The second-order valence-corrected chi connectivity index (χ2v) is 6.30. The third-order valence-electron chi connectivity index (χ3n) is 3.19. The highest BCUT2D eigenvalue weighted by molar-refractivity contribution is 5.26. The highest BCUT2D eigenvalue weighted by Gasteiger charge is 2.19. The maximum absolute atomic E-state index is 4.39. The van der Waals surface area contributed by atoms with Gasteiger partial charge in [-0.15, -0.1) is 0 Å². The monoisotopic (exact) mass is 251 g/mol. The number of nitrogens with zero attached hydrogens (tertiary/aromatic N) is 2. The Morgan fingerprint density at radius 1 is 1.33 bits per heavy atom. The van der Waals surface area contributed by atoms with E-state index < -0.39 is 0 Å². The van der Waals surface area contributed by atoms with Gasteiger partial charge in [0.25, 0.3) is 0 Å². The fourth-order valence-corrected chi connectivity index (χ4v) is 2.23. The van der Waals surface area contributed by atoms with Gasteiger partial charge in [0.05, 0.1) is 0 Å². The summed E-state index contributed by atoms with van der Waals surface area (Å²) in [5, 5.41) is 3.40. The molecule has 3 heteroatoms. The molecule has 0 atom stereocenters. The molecule has 1 heterocycles. The third kappa shape index (κ3) is 5.11. The van der Waals surface area contributed by atoms with Gasteiger partial charge in [0.15, 0.2) is 0 Å². The van der Waals surface area contributed by atoms with Gasteiger partial charge < -0.3 is 9.88 Å². The van der Waals surface area contributed by atoms with Gasteiger partial charge in [0.2, 0.25) is 5.95 Å². The summed E-state index contributed by atoms with van der Waals surface area (Å²) in [5.41, 5.74) is 0.337. The largest absolute Gasteiger partial charge is 0.353 e. The van der Waals surface area contributed by atoms with Gasteiger partial charge in [-0.3, -0.25) is 0 Å². The molecule has 1 rings (SSSR count). The number of rotatable bonds is 8. The van der Waals surface area contributed by atoms with Crippen molar-refractivity contribution in [1.82, 2.24) is 9.55 Å². The molecule has 3 nitrogen and oxygen atoms in total. The maximum Gasteiger partial charge on any atom is 0.202 e. The van der Waals surface area contributed by atoms with Crippen molar-refractivity contribution >= 4 is 5.95 Å². The summed E-state index contributed by atoms with van der Waals surface area (Å²) >= 11 is 0. The predicted molar refractivity (Wildman–Crippen MR) is 78.9 cm³/mol. The van der Waals surface area contributed by atoms with Gasteiger partial charge in [0.1, 0.15) is 0 Å². The van der Waals surface area contributed by atoms with Crippen LogP contribution in [0.2, 0.25) is 0 Å². The smallest absolute Gasteiger partial charge is 0.202 e. The van der Waals surface area contributed by atoms with Gasteiger partial charge in [0, 0.05) is 25.0 Å². The SMILES string of the molecule is CCCCCC(C)(C)Cn1ccnc1NC(C)C. The molecule has 0 aliphatic carbocycles. The predicted octanol–water partition coefficient (Wildman–Crippen LogP) is 4.31. The number of anilines is 1. The van der Waals surface area contributed by atoms with E-state index in [9.17, 15) is 0 Å². The number of nitrogens with one attached hydrogen (secondary N) is 1. The lowest BCUT2D eigenvalue weighted by Crippen LogP contribution is -2.22.